The van der Waals surface area contributed by atoms with Gasteiger partial charge in [0.1, 0.15) is 16.5 Å². The Morgan fingerprint density at radius 2 is 2.16 bits per heavy atom. The Morgan fingerprint density at radius 1 is 1.42 bits per heavy atom. The lowest BCUT2D eigenvalue weighted by Gasteiger charge is -2.29. The summed E-state index contributed by atoms with van der Waals surface area (Å²) in [7, 11) is -2.87. The summed E-state index contributed by atoms with van der Waals surface area (Å²) in [6.07, 6.45) is 3.16. The number of rotatable bonds is 4. The van der Waals surface area contributed by atoms with Gasteiger partial charge in [-0.15, -0.1) is 0 Å². The molecule has 0 aliphatic heterocycles. The van der Waals surface area contributed by atoms with Crippen molar-refractivity contribution in [3.8, 4) is 5.75 Å². The van der Waals surface area contributed by atoms with Crippen LogP contribution in [0.25, 0.3) is 0 Å². The molecule has 3 atom stereocenters. The zero-order valence-corrected chi connectivity index (χ0v) is 13.2. The van der Waals surface area contributed by atoms with Crippen molar-refractivity contribution in [2.24, 2.45) is 0 Å². The lowest BCUT2D eigenvalue weighted by atomic mass is 9.95. The highest BCUT2D eigenvalue weighted by Crippen LogP contribution is 2.31. The molecule has 7 heteroatoms. The van der Waals surface area contributed by atoms with E-state index in [0.29, 0.717) is 6.42 Å². The first-order chi connectivity index (χ1) is 9.04. The zero-order valence-electron chi connectivity index (χ0n) is 10.6. The molecule has 0 aromatic carbocycles. The third kappa shape index (κ3) is 4.56. The van der Waals surface area contributed by atoms with Crippen LogP contribution in [0.15, 0.2) is 16.7 Å². The maximum absolute atomic E-state index is 10.7. The molecule has 0 spiro atoms. The van der Waals surface area contributed by atoms with E-state index in [4.69, 9.17) is 14.2 Å². The Balaban J connectivity index is 1.96. The summed E-state index contributed by atoms with van der Waals surface area (Å²) in [6.45, 7) is 1.89. The van der Waals surface area contributed by atoms with Crippen molar-refractivity contribution in [2.75, 3.05) is 0 Å². The Bertz CT molecular complexity index is 471. The molecule has 1 saturated carbocycles. The number of pyridine rings is 1. The molecule has 1 aromatic rings. The highest BCUT2D eigenvalue weighted by Gasteiger charge is 2.25. The van der Waals surface area contributed by atoms with Crippen LogP contribution in [0.2, 0.25) is 0 Å². The van der Waals surface area contributed by atoms with E-state index in [2.05, 4.69) is 20.9 Å². The molecule has 1 aliphatic carbocycles. The SMILES string of the molecule is Cc1nc(Br)ccc1OC1CCCC(O[PH](=O)O)C1. The van der Waals surface area contributed by atoms with Gasteiger partial charge in [0, 0.05) is 6.42 Å². The Morgan fingerprint density at radius 3 is 2.84 bits per heavy atom. The fraction of sp³-hybridized carbons (Fsp3) is 0.583. The van der Waals surface area contributed by atoms with Gasteiger partial charge in [-0.2, -0.15) is 0 Å². The van der Waals surface area contributed by atoms with E-state index in [-0.39, 0.29) is 12.2 Å². The van der Waals surface area contributed by atoms with E-state index in [1.807, 2.05) is 19.1 Å². The number of aromatic nitrogens is 1. The Kier molecular flexibility index (Phi) is 5.39. The largest absolute Gasteiger partial charge is 0.488 e. The van der Waals surface area contributed by atoms with Crippen molar-refractivity contribution < 1.29 is 18.7 Å². The van der Waals surface area contributed by atoms with Gasteiger partial charge in [0.2, 0.25) is 0 Å². The Labute approximate surface area is 121 Å². The van der Waals surface area contributed by atoms with Gasteiger partial charge in [0.25, 0.3) is 0 Å². The van der Waals surface area contributed by atoms with E-state index in [0.717, 1.165) is 35.3 Å². The van der Waals surface area contributed by atoms with Crippen LogP contribution in [0.4, 0.5) is 0 Å². The van der Waals surface area contributed by atoms with Gasteiger partial charge in [0.05, 0.1) is 11.8 Å². The van der Waals surface area contributed by atoms with Gasteiger partial charge in [-0.05, 0) is 54.2 Å². The summed E-state index contributed by atoms with van der Waals surface area (Å²) in [4.78, 5) is 13.1. The van der Waals surface area contributed by atoms with Crippen LogP contribution < -0.4 is 4.74 Å². The number of nitrogens with zero attached hydrogens (tertiary/aromatic N) is 1. The summed E-state index contributed by atoms with van der Waals surface area (Å²) < 4.78 is 22.4. The number of ether oxygens (including phenoxy) is 1. The lowest BCUT2D eigenvalue weighted by molar-refractivity contribution is 0.0655. The molecule has 1 aliphatic rings. The first kappa shape index (κ1) is 15.0. The standard InChI is InChI=1S/C12H17BrNO4P/c1-8-11(5-6-12(13)14-8)17-9-3-2-4-10(7-9)18-19(15)16/h5-6,9-10,19H,2-4,7H2,1H3,(H,15,16). The zero-order chi connectivity index (χ0) is 13.8. The van der Waals surface area contributed by atoms with Crippen molar-refractivity contribution in [3.63, 3.8) is 0 Å². The molecule has 2 rings (SSSR count). The van der Waals surface area contributed by atoms with Crippen molar-refractivity contribution in [3.05, 3.63) is 22.4 Å². The lowest BCUT2D eigenvalue weighted by Crippen LogP contribution is -2.29. The molecule has 1 fully saturated rings. The van der Waals surface area contributed by atoms with E-state index in [1.165, 1.54) is 0 Å². The first-order valence-electron chi connectivity index (χ1n) is 6.24. The minimum atomic E-state index is -2.87. The minimum absolute atomic E-state index is 0.0155. The second-order valence-electron chi connectivity index (χ2n) is 4.63. The minimum Gasteiger partial charge on any atom is -0.488 e. The predicted octanol–water partition coefficient (Wildman–Crippen LogP) is 3.24. The first-order valence-corrected chi connectivity index (χ1v) is 8.29. The molecular weight excluding hydrogens is 333 g/mol. The molecule has 0 bridgehead atoms. The summed E-state index contributed by atoms with van der Waals surface area (Å²) in [5.74, 6) is 0.755. The highest BCUT2D eigenvalue weighted by molar-refractivity contribution is 9.10. The van der Waals surface area contributed by atoms with Gasteiger partial charge < -0.3 is 14.2 Å². The van der Waals surface area contributed by atoms with Crippen molar-refractivity contribution in [1.29, 1.82) is 0 Å². The van der Waals surface area contributed by atoms with Gasteiger partial charge in [-0.25, -0.2) is 4.98 Å². The molecular formula is C12H17BrNO4P. The van der Waals surface area contributed by atoms with Gasteiger partial charge in [-0.3, -0.25) is 4.57 Å². The summed E-state index contributed by atoms with van der Waals surface area (Å²) in [6, 6.07) is 3.72. The van der Waals surface area contributed by atoms with Crippen molar-refractivity contribution in [1.82, 2.24) is 4.98 Å². The molecule has 0 saturated heterocycles. The monoisotopic (exact) mass is 349 g/mol. The third-order valence-electron chi connectivity index (χ3n) is 3.14. The summed E-state index contributed by atoms with van der Waals surface area (Å²) >= 11 is 3.31. The highest BCUT2D eigenvalue weighted by atomic mass is 79.9. The fourth-order valence-electron chi connectivity index (χ4n) is 2.28. The van der Waals surface area contributed by atoms with Crippen LogP contribution in [0, 0.1) is 6.92 Å². The average Bonchev–Trinajstić information content (AvgIpc) is 2.32. The Hall–Kier alpha value is -0.420. The normalized spacial score (nSPS) is 25.0. The predicted molar refractivity (Wildman–Crippen MR) is 75.7 cm³/mol. The third-order valence-corrected chi connectivity index (χ3v) is 4.12. The molecule has 1 N–H and O–H groups in total. The van der Waals surface area contributed by atoms with Crippen LogP contribution in [-0.4, -0.2) is 22.1 Å². The summed E-state index contributed by atoms with van der Waals surface area (Å²) in [5, 5.41) is 0. The van der Waals surface area contributed by atoms with Crippen LogP contribution in [0.5, 0.6) is 5.75 Å². The fourth-order valence-corrected chi connectivity index (χ4v) is 3.18. The molecule has 106 valence electrons. The van der Waals surface area contributed by atoms with Crippen LogP contribution in [-0.2, 0) is 9.09 Å². The van der Waals surface area contributed by atoms with Crippen LogP contribution >= 0.6 is 24.2 Å². The molecule has 0 radical (unpaired) electrons. The second kappa shape index (κ2) is 6.84. The second-order valence-corrected chi connectivity index (χ2v) is 6.21. The molecule has 19 heavy (non-hydrogen) atoms. The molecule has 5 nitrogen and oxygen atoms in total. The van der Waals surface area contributed by atoms with E-state index >= 15 is 0 Å². The number of hydrogen-bond acceptors (Lipinski definition) is 4. The van der Waals surface area contributed by atoms with E-state index < -0.39 is 8.25 Å². The van der Waals surface area contributed by atoms with E-state index in [1.54, 1.807) is 0 Å². The quantitative estimate of drug-likeness (QED) is 0.667. The summed E-state index contributed by atoms with van der Waals surface area (Å²) in [5.41, 5.74) is 0.827. The average molecular weight is 350 g/mol. The maximum Gasteiger partial charge on any atom is 0.316 e. The molecule has 0 amide bonds. The molecule has 1 heterocycles. The number of aryl methyl sites for hydroxylation is 1. The number of halogens is 1. The van der Waals surface area contributed by atoms with Gasteiger partial charge in [0.15, 0.2) is 0 Å². The van der Waals surface area contributed by atoms with Crippen LogP contribution in [0.1, 0.15) is 31.4 Å². The van der Waals surface area contributed by atoms with Crippen LogP contribution in [0.3, 0.4) is 0 Å². The van der Waals surface area contributed by atoms with Crippen molar-refractivity contribution in [2.45, 2.75) is 44.8 Å². The van der Waals surface area contributed by atoms with Crippen molar-refractivity contribution >= 4 is 24.2 Å². The smallest absolute Gasteiger partial charge is 0.316 e. The molecule has 3 unspecified atom stereocenters. The molecule has 1 aromatic heterocycles. The topological polar surface area (TPSA) is 68.7 Å². The maximum atomic E-state index is 10.7. The number of hydrogen-bond donors (Lipinski definition) is 1. The van der Waals surface area contributed by atoms with Gasteiger partial charge in [-0.1, -0.05) is 0 Å². The van der Waals surface area contributed by atoms with Gasteiger partial charge >= 0.3 is 8.25 Å². The van der Waals surface area contributed by atoms with E-state index in [9.17, 15) is 4.57 Å².